The van der Waals surface area contributed by atoms with E-state index < -0.39 is 0 Å². The van der Waals surface area contributed by atoms with Gasteiger partial charge in [-0.15, -0.1) is 0 Å². The van der Waals surface area contributed by atoms with Crippen LogP contribution in [0.3, 0.4) is 0 Å². The molecule has 4 aromatic carbocycles. The summed E-state index contributed by atoms with van der Waals surface area (Å²) in [5.74, 6) is 0. The monoisotopic (exact) mass is 420 g/mol. The summed E-state index contributed by atoms with van der Waals surface area (Å²) in [6.45, 7) is 0. The van der Waals surface area contributed by atoms with Crippen molar-refractivity contribution in [3.8, 4) is 11.1 Å². The summed E-state index contributed by atoms with van der Waals surface area (Å²) < 4.78 is 7.46. The number of benzene rings is 4. The number of hydrogen-bond donors (Lipinski definition) is 0. The minimum absolute atomic E-state index is 0.941. The number of furan rings is 1. The lowest BCUT2D eigenvalue weighted by Crippen LogP contribution is -1.84. The van der Waals surface area contributed by atoms with Crippen LogP contribution in [-0.4, -0.2) is 0 Å². The number of fused-ring (bicyclic) bond motifs is 4. The van der Waals surface area contributed by atoms with Gasteiger partial charge in [-0.2, -0.15) is 0 Å². The minimum Gasteiger partial charge on any atom is -0.455 e. The fraction of sp³-hybridized carbons (Fsp3) is 0. The molecule has 5 rings (SSSR count). The summed E-state index contributed by atoms with van der Waals surface area (Å²) in [6.07, 6.45) is 0. The van der Waals surface area contributed by atoms with E-state index in [2.05, 4.69) is 89.3 Å². The number of para-hydroxylation sites is 1. The molecule has 1 aromatic heterocycles. The van der Waals surface area contributed by atoms with Gasteiger partial charge in [-0.05, 0) is 57.1 Å². The van der Waals surface area contributed by atoms with E-state index in [9.17, 15) is 0 Å². The van der Waals surface area contributed by atoms with Crippen LogP contribution >= 0.6 is 22.6 Å². The Hall–Kier alpha value is -2.33. The van der Waals surface area contributed by atoms with Crippen molar-refractivity contribution < 1.29 is 4.42 Å². The quantitative estimate of drug-likeness (QED) is 0.266. The van der Waals surface area contributed by atoms with Gasteiger partial charge in [0.25, 0.3) is 0 Å². The Morgan fingerprint density at radius 1 is 0.625 bits per heavy atom. The Bertz CT molecular complexity index is 1210. The molecule has 1 heterocycles. The highest BCUT2D eigenvalue weighted by atomic mass is 127. The third-order valence-electron chi connectivity index (χ3n) is 4.52. The highest BCUT2D eigenvalue weighted by Crippen LogP contribution is 2.39. The van der Waals surface area contributed by atoms with Crippen molar-refractivity contribution in [2.45, 2.75) is 0 Å². The lowest BCUT2D eigenvalue weighted by molar-refractivity contribution is 0.670. The number of hydrogen-bond acceptors (Lipinski definition) is 1. The van der Waals surface area contributed by atoms with Crippen LogP contribution in [0.4, 0.5) is 0 Å². The fourth-order valence-corrected chi connectivity index (χ4v) is 4.07. The average molecular weight is 420 g/mol. The molecule has 0 bridgehead atoms. The van der Waals surface area contributed by atoms with E-state index in [1.807, 2.05) is 12.1 Å². The Morgan fingerprint density at radius 3 is 2.29 bits per heavy atom. The van der Waals surface area contributed by atoms with Gasteiger partial charge < -0.3 is 4.42 Å². The first-order valence-corrected chi connectivity index (χ1v) is 8.98. The van der Waals surface area contributed by atoms with Gasteiger partial charge in [-0.1, -0.05) is 60.7 Å². The lowest BCUT2D eigenvalue weighted by Gasteiger charge is -2.08. The summed E-state index contributed by atoms with van der Waals surface area (Å²) in [4.78, 5) is 0. The van der Waals surface area contributed by atoms with E-state index in [1.165, 1.54) is 30.7 Å². The van der Waals surface area contributed by atoms with Crippen LogP contribution in [-0.2, 0) is 0 Å². The van der Waals surface area contributed by atoms with Crippen molar-refractivity contribution in [1.29, 1.82) is 0 Å². The van der Waals surface area contributed by atoms with Gasteiger partial charge in [-0.3, -0.25) is 0 Å². The van der Waals surface area contributed by atoms with Gasteiger partial charge in [0.2, 0.25) is 0 Å². The van der Waals surface area contributed by atoms with E-state index in [-0.39, 0.29) is 0 Å². The first-order chi connectivity index (χ1) is 11.8. The van der Waals surface area contributed by atoms with Crippen molar-refractivity contribution in [2.75, 3.05) is 0 Å². The maximum atomic E-state index is 6.24. The van der Waals surface area contributed by atoms with Crippen LogP contribution in [0.15, 0.2) is 83.3 Å². The zero-order valence-corrected chi connectivity index (χ0v) is 14.9. The molecule has 0 N–H and O–H groups in total. The standard InChI is InChI=1S/C22H13IO/c23-15-12-19(17-10-5-7-14-6-1-2-8-16(14)17)22-20(13-15)18-9-3-4-11-21(18)24-22/h1-13H. The molecule has 0 aliphatic carbocycles. The first kappa shape index (κ1) is 14.1. The molecule has 0 amide bonds. The summed E-state index contributed by atoms with van der Waals surface area (Å²) in [6, 6.07) is 27.6. The summed E-state index contributed by atoms with van der Waals surface area (Å²) in [7, 11) is 0. The smallest absolute Gasteiger partial charge is 0.143 e. The van der Waals surface area contributed by atoms with Crippen LogP contribution in [0.1, 0.15) is 0 Å². The predicted octanol–water partition coefficient (Wildman–Crippen LogP) is 7.01. The summed E-state index contributed by atoms with van der Waals surface area (Å²) >= 11 is 2.39. The third kappa shape index (κ3) is 2.06. The van der Waals surface area contributed by atoms with E-state index in [0.717, 1.165) is 16.7 Å². The molecule has 0 atom stereocenters. The SMILES string of the molecule is Ic1cc(-c2cccc3ccccc23)c2oc3ccccc3c2c1. The van der Waals surface area contributed by atoms with Gasteiger partial charge in [0.15, 0.2) is 0 Å². The average Bonchev–Trinajstić information content (AvgIpc) is 2.99. The molecule has 1 nitrogen and oxygen atoms in total. The molecule has 114 valence electrons. The Kier molecular flexibility index (Phi) is 3.13. The summed E-state index contributed by atoms with van der Waals surface area (Å²) in [5, 5.41) is 4.86. The minimum atomic E-state index is 0.941. The number of halogens is 1. The molecule has 0 saturated heterocycles. The Morgan fingerprint density at radius 2 is 1.38 bits per heavy atom. The van der Waals surface area contributed by atoms with Gasteiger partial charge in [0.1, 0.15) is 11.2 Å². The van der Waals surface area contributed by atoms with Crippen molar-refractivity contribution >= 4 is 55.3 Å². The van der Waals surface area contributed by atoms with E-state index in [4.69, 9.17) is 4.42 Å². The molecule has 0 fully saturated rings. The van der Waals surface area contributed by atoms with Crippen LogP contribution in [0.25, 0.3) is 43.8 Å². The molecular formula is C22H13IO. The van der Waals surface area contributed by atoms with Crippen molar-refractivity contribution in [3.05, 3.63) is 82.4 Å². The first-order valence-electron chi connectivity index (χ1n) is 7.90. The van der Waals surface area contributed by atoms with Gasteiger partial charge in [-0.25, -0.2) is 0 Å². The number of rotatable bonds is 1. The van der Waals surface area contributed by atoms with Gasteiger partial charge in [0, 0.05) is 19.9 Å². The predicted molar refractivity (Wildman–Crippen MR) is 109 cm³/mol. The normalized spacial score (nSPS) is 11.5. The molecule has 2 heteroatoms. The molecular weight excluding hydrogens is 407 g/mol. The third-order valence-corrected chi connectivity index (χ3v) is 5.15. The van der Waals surface area contributed by atoms with Crippen molar-refractivity contribution in [1.82, 2.24) is 0 Å². The lowest BCUT2D eigenvalue weighted by atomic mass is 9.97. The van der Waals surface area contributed by atoms with Crippen LogP contribution in [0.2, 0.25) is 0 Å². The fourth-order valence-electron chi connectivity index (χ4n) is 3.45. The maximum absolute atomic E-state index is 6.24. The molecule has 0 spiro atoms. The van der Waals surface area contributed by atoms with Crippen LogP contribution < -0.4 is 0 Å². The second kappa shape index (κ2) is 5.35. The topological polar surface area (TPSA) is 13.1 Å². The molecule has 24 heavy (non-hydrogen) atoms. The van der Waals surface area contributed by atoms with Crippen molar-refractivity contribution in [2.24, 2.45) is 0 Å². The second-order valence-electron chi connectivity index (χ2n) is 5.95. The molecule has 0 saturated carbocycles. The van der Waals surface area contributed by atoms with Gasteiger partial charge in [0.05, 0.1) is 0 Å². The summed E-state index contributed by atoms with van der Waals surface area (Å²) in [5.41, 5.74) is 4.28. The molecule has 0 radical (unpaired) electrons. The highest BCUT2D eigenvalue weighted by molar-refractivity contribution is 14.1. The highest BCUT2D eigenvalue weighted by Gasteiger charge is 2.14. The largest absolute Gasteiger partial charge is 0.455 e. The zero-order chi connectivity index (χ0) is 16.1. The van der Waals surface area contributed by atoms with Crippen LogP contribution in [0, 0.1) is 3.57 Å². The zero-order valence-electron chi connectivity index (χ0n) is 12.8. The van der Waals surface area contributed by atoms with Gasteiger partial charge >= 0.3 is 0 Å². The van der Waals surface area contributed by atoms with Crippen LogP contribution in [0.5, 0.6) is 0 Å². The molecule has 5 aromatic rings. The van der Waals surface area contributed by atoms with E-state index in [0.29, 0.717) is 0 Å². The van der Waals surface area contributed by atoms with E-state index >= 15 is 0 Å². The van der Waals surface area contributed by atoms with E-state index in [1.54, 1.807) is 0 Å². The Balaban J connectivity index is 1.95. The maximum Gasteiger partial charge on any atom is 0.143 e. The second-order valence-corrected chi connectivity index (χ2v) is 7.20. The molecule has 0 aliphatic rings. The molecule has 0 aliphatic heterocycles. The Labute approximate surface area is 153 Å². The molecule has 0 unspecified atom stereocenters. The van der Waals surface area contributed by atoms with Crippen molar-refractivity contribution in [3.63, 3.8) is 0 Å².